The number of fused-ring (bicyclic) bond motifs is 1. The normalized spacial score (nSPS) is 11.4. The maximum Gasteiger partial charge on any atom is 0.488 e. The third-order valence-electron chi connectivity index (χ3n) is 4.12. The van der Waals surface area contributed by atoms with E-state index in [1.165, 1.54) is 12.1 Å². The molecule has 0 atom stereocenters. The van der Waals surface area contributed by atoms with E-state index in [1.54, 1.807) is 30.3 Å². The Morgan fingerprint density at radius 2 is 1.70 bits per heavy atom. The minimum Gasteiger partial charge on any atom is -0.423 e. The second-order valence-corrected chi connectivity index (χ2v) is 9.06. The van der Waals surface area contributed by atoms with Crippen molar-refractivity contribution in [1.82, 2.24) is 0 Å². The average Bonchev–Trinajstić information content (AvgIpc) is 2.60. The molecule has 0 fully saturated rings. The predicted molar refractivity (Wildman–Crippen MR) is 118 cm³/mol. The number of halogens is 1. The fourth-order valence-corrected chi connectivity index (χ4v) is 5.17. The first-order valence-electron chi connectivity index (χ1n) is 8.08. The van der Waals surface area contributed by atoms with Crippen LogP contribution in [0.5, 0.6) is 0 Å². The minimum absolute atomic E-state index is 0.162. The zero-order valence-electron chi connectivity index (χ0n) is 14.7. The van der Waals surface area contributed by atoms with Gasteiger partial charge in [-0.1, -0.05) is 30.3 Å². The van der Waals surface area contributed by atoms with Gasteiger partial charge in [0.1, 0.15) is 0 Å². The molecule has 0 bridgehead atoms. The summed E-state index contributed by atoms with van der Waals surface area (Å²) in [4.78, 5) is 2.12. The summed E-state index contributed by atoms with van der Waals surface area (Å²) in [5.41, 5.74) is 1.42. The highest BCUT2D eigenvalue weighted by molar-refractivity contribution is 14.1. The summed E-state index contributed by atoms with van der Waals surface area (Å²) in [6.07, 6.45) is 0. The van der Waals surface area contributed by atoms with Gasteiger partial charge in [-0.3, -0.25) is 4.72 Å². The fourth-order valence-electron chi connectivity index (χ4n) is 2.95. The minimum atomic E-state index is -3.87. The molecule has 27 heavy (non-hydrogen) atoms. The molecule has 0 saturated heterocycles. The molecule has 140 valence electrons. The second-order valence-electron chi connectivity index (χ2n) is 6.25. The molecule has 0 amide bonds. The number of sulfonamides is 1. The lowest BCUT2D eigenvalue weighted by atomic mass is 9.80. The maximum absolute atomic E-state index is 13.0. The molecule has 3 rings (SSSR count). The smallest absolute Gasteiger partial charge is 0.423 e. The van der Waals surface area contributed by atoms with Gasteiger partial charge in [0.25, 0.3) is 10.0 Å². The monoisotopic (exact) mass is 496 g/mol. The first kappa shape index (κ1) is 19.9. The molecule has 3 aromatic rings. The Bertz CT molecular complexity index is 1100. The van der Waals surface area contributed by atoms with E-state index in [0.717, 1.165) is 14.6 Å². The van der Waals surface area contributed by atoms with Crippen molar-refractivity contribution in [3.63, 3.8) is 0 Å². The second kappa shape index (κ2) is 7.66. The van der Waals surface area contributed by atoms with Gasteiger partial charge in [0, 0.05) is 34.1 Å². The van der Waals surface area contributed by atoms with Gasteiger partial charge in [-0.05, 0) is 52.3 Å². The summed E-state index contributed by atoms with van der Waals surface area (Å²) in [5, 5.41) is 20.0. The fraction of sp³-hybridized carbons (Fsp3) is 0.111. The van der Waals surface area contributed by atoms with E-state index < -0.39 is 17.1 Å². The van der Waals surface area contributed by atoms with Crippen LogP contribution >= 0.6 is 22.6 Å². The number of nitrogens with zero attached hydrogens (tertiary/aromatic N) is 1. The number of benzene rings is 3. The topological polar surface area (TPSA) is 89.9 Å². The molecule has 0 aliphatic rings. The van der Waals surface area contributed by atoms with Crippen LogP contribution in [-0.2, 0) is 10.0 Å². The number of nitrogens with one attached hydrogen (secondary N) is 1. The molecule has 0 saturated carbocycles. The number of hydrogen-bond acceptors (Lipinski definition) is 5. The number of rotatable bonds is 5. The highest BCUT2D eigenvalue weighted by Gasteiger charge is 2.20. The lowest BCUT2D eigenvalue weighted by Gasteiger charge is -2.19. The molecular formula is C18H18BIN2O4S. The van der Waals surface area contributed by atoms with Crippen LogP contribution in [0.25, 0.3) is 10.8 Å². The highest BCUT2D eigenvalue weighted by Crippen LogP contribution is 2.34. The van der Waals surface area contributed by atoms with E-state index in [-0.39, 0.29) is 16.0 Å². The Balaban J connectivity index is 2.11. The lowest BCUT2D eigenvalue weighted by molar-refractivity contribution is 0.426. The van der Waals surface area contributed by atoms with Crippen molar-refractivity contribution in [2.24, 2.45) is 0 Å². The lowest BCUT2D eigenvalue weighted by Crippen LogP contribution is -2.30. The summed E-state index contributed by atoms with van der Waals surface area (Å²) in [7, 11) is -1.70. The Morgan fingerprint density at radius 1 is 1.00 bits per heavy atom. The molecule has 0 aliphatic carbocycles. The van der Waals surface area contributed by atoms with E-state index in [0.29, 0.717) is 5.39 Å². The van der Waals surface area contributed by atoms with Gasteiger partial charge in [0.15, 0.2) is 0 Å². The van der Waals surface area contributed by atoms with Gasteiger partial charge in [-0.25, -0.2) is 8.42 Å². The van der Waals surface area contributed by atoms with Crippen LogP contribution < -0.4 is 15.1 Å². The molecule has 0 heterocycles. The largest absolute Gasteiger partial charge is 0.488 e. The molecule has 9 heteroatoms. The van der Waals surface area contributed by atoms with Crippen molar-refractivity contribution in [1.29, 1.82) is 0 Å². The van der Waals surface area contributed by atoms with Crippen LogP contribution in [-0.4, -0.2) is 39.7 Å². The van der Waals surface area contributed by atoms with Crippen LogP contribution in [0, 0.1) is 3.57 Å². The molecule has 0 aromatic heterocycles. The number of anilines is 2. The van der Waals surface area contributed by atoms with Crippen LogP contribution in [0.3, 0.4) is 0 Å². The van der Waals surface area contributed by atoms with Gasteiger partial charge in [-0.15, -0.1) is 0 Å². The van der Waals surface area contributed by atoms with E-state index in [2.05, 4.69) is 27.3 Å². The Morgan fingerprint density at radius 3 is 2.37 bits per heavy atom. The Hall–Kier alpha value is -1.82. The molecule has 0 radical (unpaired) electrons. The summed E-state index contributed by atoms with van der Waals surface area (Å²) < 4.78 is 29.6. The standard InChI is InChI=1S/C18H18BIN2O4S/c1-22(2)18-15-7-4-8-17(14(15)9-10-16(18)20)27(25,26)21-13-6-3-5-12(11-13)19(23)24/h3-11,21,23-24H,1-2H3. The van der Waals surface area contributed by atoms with Crippen molar-refractivity contribution >= 4 is 67.3 Å². The number of hydrogen-bond donors (Lipinski definition) is 3. The van der Waals surface area contributed by atoms with Gasteiger partial charge in [-0.2, -0.15) is 0 Å². The first-order valence-corrected chi connectivity index (χ1v) is 10.6. The van der Waals surface area contributed by atoms with E-state index >= 15 is 0 Å². The van der Waals surface area contributed by atoms with Gasteiger partial charge >= 0.3 is 7.12 Å². The van der Waals surface area contributed by atoms with Gasteiger partial charge < -0.3 is 14.9 Å². The van der Waals surface area contributed by atoms with E-state index in [1.807, 2.05) is 31.1 Å². The summed E-state index contributed by atoms with van der Waals surface area (Å²) in [6.45, 7) is 0. The maximum atomic E-state index is 13.0. The molecule has 6 nitrogen and oxygen atoms in total. The van der Waals surface area contributed by atoms with Crippen LogP contribution in [0.1, 0.15) is 0 Å². The third-order valence-corrected chi connectivity index (χ3v) is 6.43. The quantitative estimate of drug-likeness (QED) is 0.372. The molecular weight excluding hydrogens is 478 g/mol. The van der Waals surface area contributed by atoms with Crippen LogP contribution in [0.2, 0.25) is 0 Å². The van der Waals surface area contributed by atoms with Crippen LogP contribution in [0.4, 0.5) is 11.4 Å². The third kappa shape index (κ3) is 4.05. The highest BCUT2D eigenvalue weighted by atomic mass is 127. The summed E-state index contributed by atoms with van der Waals surface area (Å²) in [6, 6.07) is 14.9. The Kier molecular flexibility index (Phi) is 5.66. The van der Waals surface area contributed by atoms with Crippen molar-refractivity contribution in [3.8, 4) is 0 Å². The zero-order chi connectivity index (χ0) is 19.8. The molecule has 0 aliphatic heterocycles. The zero-order valence-corrected chi connectivity index (χ0v) is 17.7. The van der Waals surface area contributed by atoms with E-state index in [9.17, 15) is 18.5 Å². The molecule has 3 aromatic carbocycles. The van der Waals surface area contributed by atoms with Gasteiger partial charge in [0.2, 0.25) is 0 Å². The predicted octanol–water partition coefficient (Wildman–Crippen LogP) is 1.99. The van der Waals surface area contributed by atoms with Crippen molar-refractivity contribution in [3.05, 3.63) is 58.2 Å². The average molecular weight is 496 g/mol. The van der Waals surface area contributed by atoms with Crippen molar-refractivity contribution in [2.45, 2.75) is 4.90 Å². The van der Waals surface area contributed by atoms with Gasteiger partial charge in [0.05, 0.1) is 10.6 Å². The summed E-state index contributed by atoms with van der Waals surface area (Å²) >= 11 is 2.23. The van der Waals surface area contributed by atoms with E-state index in [4.69, 9.17) is 0 Å². The van der Waals surface area contributed by atoms with Crippen LogP contribution in [0.15, 0.2) is 59.5 Å². The molecule has 0 unspecified atom stereocenters. The molecule has 3 N–H and O–H groups in total. The first-order chi connectivity index (χ1) is 12.7. The SMILES string of the molecule is CN(C)c1c(I)ccc2c(S(=O)(=O)Nc3cccc(B(O)O)c3)cccc12. The van der Waals surface area contributed by atoms with Crippen molar-refractivity contribution in [2.75, 3.05) is 23.7 Å². The molecule has 0 spiro atoms. The summed E-state index contributed by atoms with van der Waals surface area (Å²) in [5.74, 6) is 0. The van der Waals surface area contributed by atoms with Crippen molar-refractivity contribution < 1.29 is 18.5 Å². The Labute approximate surface area is 172 Å².